The second-order valence-electron chi connectivity index (χ2n) is 4.10. The highest BCUT2D eigenvalue weighted by Gasteiger charge is 2.04. The summed E-state index contributed by atoms with van der Waals surface area (Å²) in [5.41, 5.74) is 2.88. The summed E-state index contributed by atoms with van der Waals surface area (Å²) in [5, 5.41) is 18.2. The Morgan fingerprint density at radius 2 is 1.86 bits per heavy atom. The summed E-state index contributed by atoms with van der Waals surface area (Å²) in [6, 6.07) is 16.7. The van der Waals surface area contributed by atoms with Gasteiger partial charge in [-0.2, -0.15) is 0 Å². The molecule has 0 radical (unpaired) electrons. The average Bonchev–Trinajstić information content (AvgIpc) is 2.54. The fourth-order valence-corrected chi connectivity index (χ4v) is 2.29. The lowest BCUT2D eigenvalue weighted by Crippen LogP contribution is -2.15. The Hall–Kier alpha value is -2.44. The summed E-state index contributed by atoms with van der Waals surface area (Å²) in [4.78, 5) is 11.9. The van der Waals surface area contributed by atoms with Gasteiger partial charge < -0.3 is 9.83 Å². The number of benzene rings is 2. The summed E-state index contributed by atoms with van der Waals surface area (Å²) in [6.07, 6.45) is 0.911. The second kappa shape index (κ2) is 7.37. The van der Waals surface area contributed by atoms with Crippen LogP contribution in [0.5, 0.6) is 0 Å². The molecular weight excluding hydrogens is 288 g/mol. The van der Waals surface area contributed by atoms with Gasteiger partial charge in [0.2, 0.25) is 0 Å². The number of para-hydroxylation sites is 1. The number of hydrogen-bond donors (Lipinski definition) is 4. The Balaban J connectivity index is 2.07. The fourth-order valence-electron chi connectivity index (χ4n) is 1.58. The van der Waals surface area contributed by atoms with Gasteiger partial charge in [-0.3, -0.25) is 10.0 Å². The Kier molecular flexibility index (Phi) is 5.25. The predicted octanol–water partition coefficient (Wildman–Crippen LogP) is 3.21. The van der Waals surface area contributed by atoms with Crippen molar-refractivity contribution in [3.63, 3.8) is 0 Å². The summed E-state index contributed by atoms with van der Waals surface area (Å²) in [7, 11) is 0. The van der Waals surface area contributed by atoms with Crippen LogP contribution in [-0.4, -0.2) is 16.2 Å². The SMILES string of the molecule is O=C(/C=C(\O)c1cccc(SNc2ccccc2)c1)NO. The lowest BCUT2D eigenvalue weighted by molar-refractivity contribution is -0.124. The topological polar surface area (TPSA) is 81.6 Å². The number of rotatable bonds is 5. The van der Waals surface area contributed by atoms with Gasteiger partial charge in [-0.05, 0) is 36.2 Å². The Morgan fingerprint density at radius 1 is 1.10 bits per heavy atom. The van der Waals surface area contributed by atoms with E-state index >= 15 is 0 Å². The molecule has 0 heterocycles. The molecule has 108 valence electrons. The van der Waals surface area contributed by atoms with Gasteiger partial charge >= 0.3 is 0 Å². The zero-order valence-corrected chi connectivity index (χ0v) is 11.8. The lowest BCUT2D eigenvalue weighted by Gasteiger charge is -2.07. The van der Waals surface area contributed by atoms with E-state index in [2.05, 4.69) is 4.72 Å². The Labute approximate surface area is 126 Å². The van der Waals surface area contributed by atoms with Gasteiger partial charge in [-0.25, -0.2) is 5.48 Å². The third-order valence-corrected chi connectivity index (χ3v) is 3.40. The molecule has 0 aliphatic rings. The third-order valence-electron chi connectivity index (χ3n) is 2.57. The van der Waals surface area contributed by atoms with Gasteiger partial charge in [0.25, 0.3) is 5.91 Å². The molecule has 1 amide bonds. The van der Waals surface area contributed by atoms with Crippen molar-refractivity contribution in [1.29, 1.82) is 0 Å². The number of aliphatic hydroxyl groups is 1. The third kappa shape index (κ3) is 4.55. The van der Waals surface area contributed by atoms with E-state index in [1.54, 1.807) is 18.2 Å². The fraction of sp³-hybridized carbons (Fsp3) is 0. The van der Waals surface area contributed by atoms with E-state index in [0.29, 0.717) is 5.56 Å². The molecule has 0 unspecified atom stereocenters. The molecule has 2 rings (SSSR count). The van der Waals surface area contributed by atoms with Crippen LogP contribution in [0.1, 0.15) is 5.56 Å². The molecule has 4 N–H and O–H groups in total. The molecule has 0 aliphatic heterocycles. The van der Waals surface area contributed by atoms with Crippen molar-refractivity contribution in [3.05, 3.63) is 66.2 Å². The van der Waals surface area contributed by atoms with Crippen LogP contribution in [0.4, 0.5) is 5.69 Å². The average molecular weight is 302 g/mol. The zero-order chi connectivity index (χ0) is 15.1. The number of carbonyl (C=O) groups excluding carboxylic acids is 1. The number of carbonyl (C=O) groups is 1. The first kappa shape index (κ1) is 15.0. The molecule has 21 heavy (non-hydrogen) atoms. The van der Waals surface area contributed by atoms with Gasteiger partial charge in [0.15, 0.2) is 0 Å². The minimum absolute atomic E-state index is 0.219. The van der Waals surface area contributed by atoms with Crippen LogP contribution in [0.3, 0.4) is 0 Å². The van der Waals surface area contributed by atoms with Crippen molar-refractivity contribution in [3.8, 4) is 0 Å². The number of anilines is 1. The molecule has 2 aromatic rings. The molecule has 0 saturated carbocycles. The molecule has 0 saturated heterocycles. The van der Waals surface area contributed by atoms with E-state index in [1.165, 1.54) is 17.4 Å². The molecule has 0 aliphatic carbocycles. The second-order valence-corrected chi connectivity index (χ2v) is 4.98. The molecule has 2 aromatic carbocycles. The van der Waals surface area contributed by atoms with Crippen LogP contribution >= 0.6 is 11.9 Å². The number of amides is 1. The van der Waals surface area contributed by atoms with E-state index in [9.17, 15) is 9.90 Å². The van der Waals surface area contributed by atoms with Crippen LogP contribution in [0.25, 0.3) is 5.76 Å². The Morgan fingerprint density at radius 3 is 2.57 bits per heavy atom. The van der Waals surface area contributed by atoms with Gasteiger partial charge in [-0.1, -0.05) is 30.3 Å². The number of nitrogens with one attached hydrogen (secondary N) is 2. The van der Waals surface area contributed by atoms with Crippen LogP contribution in [0, 0.1) is 0 Å². The molecule has 0 fully saturated rings. The van der Waals surface area contributed by atoms with Crippen molar-refractivity contribution in [1.82, 2.24) is 5.48 Å². The summed E-state index contributed by atoms with van der Waals surface area (Å²) < 4.78 is 3.18. The van der Waals surface area contributed by atoms with Crippen molar-refractivity contribution in [2.24, 2.45) is 0 Å². The van der Waals surface area contributed by atoms with Crippen molar-refractivity contribution in [2.45, 2.75) is 4.90 Å². The van der Waals surface area contributed by atoms with Crippen LogP contribution < -0.4 is 10.2 Å². The van der Waals surface area contributed by atoms with E-state index < -0.39 is 5.91 Å². The number of aliphatic hydroxyl groups excluding tert-OH is 1. The first-order valence-electron chi connectivity index (χ1n) is 6.12. The molecule has 0 bridgehead atoms. The minimum atomic E-state index is -0.784. The van der Waals surface area contributed by atoms with E-state index in [-0.39, 0.29) is 5.76 Å². The molecule has 0 aromatic heterocycles. The quantitative estimate of drug-likeness (QED) is 0.224. The maximum Gasteiger partial charge on any atom is 0.271 e. The van der Waals surface area contributed by atoms with Gasteiger partial charge in [0.05, 0.1) is 0 Å². The highest BCUT2D eigenvalue weighted by Crippen LogP contribution is 2.23. The molecule has 0 spiro atoms. The zero-order valence-electron chi connectivity index (χ0n) is 11.0. The van der Waals surface area contributed by atoms with E-state index in [0.717, 1.165) is 16.7 Å². The van der Waals surface area contributed by atoms with Gasteiger partial charge in [-0.15, -0.1) is 0 Å². The summed E-state index contributed by atoms with van der Waals surface area (Å²) in [5.74, 6) is -1.00. The van der Waals surface area contributed by atoms with Crippen molar-refractivity contribution in [2.75, 3.05) is 4.72 Å². The van der Waals surface area contributed by atoms with Crippen LogP contribution in [-0.2, 0) is 4.79 Å². The Bertz CT molecular complexity index is 644. The maximum absolute atomic E-state index is 11.0. The van der Waals surface area contributed by atoms with E-state index in [4.69, 9.17) is 5.21 Å². The van der Waals surface area contributed by atoms with Gasteiger partial charge in [0.1, 0.15) is 5.76 Å². The highest BCUT2D eigenvalue weighted by molar-refractivity contribution is 8.00. The summed E-state index contributed by atoms with van der Waals surface area (Å²) in [6.45, 7) is 0. The largest absolute Gasteiger partial charge is 0.507 e. The van der Waals surface area contributed by atoms with Gasteiger partial charge in [0, 0.05) is 22.2 Å². The van der Waals surface area contributed by atoms with Crippen LogP contribution in [0.15, 0.2) is 65.6 Å². The highest BCUT2D eigenvalue weighted by atomic mass is 32.2. The molecule has 6 heteroatoms. The summed E-state index contributed by atoms with van der Waals surface area (Å²) >= 11 is 1.39. The molecular formula is C15H14N2O3S. The van der Waals surface area contributed by atoms with Crippen LogP contribution in [0.2, 0.25) is 0 Å². The monoisotopic (exact) mass is 302 g/mol. The first-order valence-corrected chi connectivity index (χ1v) is 6.94. The maximum atomic E-state index is 11.0. The normalized spacial score (nSPS) is 11.0. The first-order chi connectivity index (χ1) is 10.2. The molecule has 0 atom stereocenters. The van der Waals surface area contributed by atoms with Crippen molar-refractivity contribution < 1.29 is 15.1 Å². The molecule has 5 nitrogen and oxygen atoms in total. The predicted molar refractivity (Wildman–Crippen MR) is 82.9 cm³/mol. The standard InChI is InChI=1S/C15H14N2O3S/c18-14(10-15(19)16-20)11-5-4-8-13(9-11)21-17-12-6-2-1-3-7-12/h1-10,17-18,20H,(H,16,19)/b14-10-. The number of hydroxylamine groups is 1. The minimum Gasteiger partial charge on any atom is -0.507 e. The smallest absolute Gasteiger partial charge is 0.271 e. The lowest BCUT2D eigenvalue weighted by atomic mass is 10.2. The van der Waals surface area contributed by atoms with Crippen molar-refractivity contribution >= 4 is 29.3 Å². The number of hydrogen-bond acceptors (Lipinski definition) is 5. The van der Waals surface area contributed by atoms with E-state index in [1.807, 2.05) is 36.4 Å².